The highest BCUT2D eigenvalue weighted by Crippen LogP contribution is 2.37. The van der Waals surface area contributed by atoms with Crippen molar-refractivity contribution in [1.82, 2.24) is 9.88 Å². The van der Waals surface area contributed by atoms with Gasteiger partial charge >= 0.3 is 6.18 Å². The first kappa shape index (κ1) is 17.2. The smallest absolute Gasteiger partial charge is 0.393 e. The van der Waals surface area contributed by atoms with E-state index >= 15 is 0 Å². The molecule has 0 aromatic carbocycles. The molecule has 0 bridgehead atoms. The molecule has 4 nitrogen and oxygen atoms in total. The SMILES string of the molecule is O=C(c1cccnc1C(F)(F)F)N1CCC[C@@H]1[C@H]1CCCC[C@H]1O. The molecular weight excluding hydrogens is 321 g/mol. The molecule has 24 heavy (non-hydrogen) atoms. The molecule has 1 N–H and O–H groups in total. The maximum atomic E-state index is 13.1. The van der Waals surface area contributed by atoms with Crippen LogP contribution in [0.2, 0.25) is 0 Å². The number of aromatic nitrogens is 1. The summed E-state index contributed by atoms with van der Waals surface area (Å²) in [7, 11) is 0. The number of aliphatic hydroxyl groups excluding tert-OH is 1. The molecule has 0 spiro atoms. The van der Waals surface area contributed by atoms with Gasteiger partial charge in [-0.15, -0.1) is 0 Å². The maximum absolute atomic E-state index is 13.1. The minimum Gasteiger partial charge on any atom is -0.393 e. The average Bonchev–Trinajstić information content (AvgIpc) is 3.03. The molecule has 132 valence electrons. The number of carbonyl (C=O) groups excluding carboxylic acids is 1. The van der Waals surface area contributed by atoms with Crippen LogP contribution in [-0.2, 0) is 6.18 Å². The van der Waals surface area contributed by atoms with Gasteiger partial charge in [-0.3, -0.25) is 9.78 Å². The van der Waals surface area contributed by atoms with E-state index < -0.39 is 29.4 Å². The lowest BCUT2D eigenvalue weighted by Crippen LogP contribution is -2.45. The first-order valence-corrected chi connectivity index (χ1v) is 8.41. The number of hydrogen-bond acceptors (Lipinski definition) is 3. The number of pyridine rings is 1. The standard InChI is InChI=1S/C17H21F3N2O2/c18-17(19,20)15-12(6-3-9-21-15)16(24)22-10-4-7-13(22)11-5-1-2-8-14(11)23/h3,6,9,11,13-14,23H,1-2,4-5,7-8,10H2/t11-,13-,14-/m1/s1. The Balaban J connectivity index is 1.87. The zero-order valence-electron chi connectivity index (χ0n) is 13.3. The number of carbonyl (C=O) groups is 1. The Morgan fingerprint density at radius 1 is 1.21 bits per heavy atom. The molecule has 3 atom stereocenters. The van der Waals surface area contributed by atoms with Gasteiger partial charge in [0.25, 0.3) is 5.91 Å². The second-order valence-electron chi connectivity index (χ2n) is 6.62. The van der Waals surface area contributed by atoms with Crippen molar-refractivity contribution in [3.63, 3.8) is 0 Å². The lowest BCUT2D eigenvalue weighted by Gasteiger charge is -2.37. The molecule has 1 aromatic heterocycles. The molecule has 7 heteroatoms. The number of likely N-dealkylation sites (tertiary alicyclic amines) is 1. The molecule has 0 radical (unpaired) electrons. The number of rotatable bonds is 2. The summed E-state index contributed by atoms with van der Waals surface area (Å²) in [5.74, 6) is -0.674. The fourth-order valence-corrected chi connectivity index (χ4v) is 4.04. The van der Waals surface area contributed by atoms with Crippen molar-refractivity contribution in [1.29, 1.82) is 0 Å². The molecule has 2 heterocycles. The molecular formula is C17H21F3N2O2. The second kappa shape index (κ2) is 6.70. The third kappa shape index (κ3) is 3.27. The third-order valence-electron chi connectivity index (χ3n) is 5.14. The molecule has 0 unspecified atom stereocenters. The number of aliphatic hydroxyl groups is 1. The Morgan fingerprint density at radius 2 is 1.96 bits per heavy atom. The van der Waals surface area contributed by atoms with Gasteiger partial charge in [0.2, 0.25) is 0 Å². The number of amides is 1. The summed E-state index contributed by atoms with van der Waals surface area (Å²) in [6.07, 6.45) is 0.848. The van der Waals surface area contributed by atoms with E-state index in [0.29, 0.717) is 13.0 Å². The van der Waals surface area contributed by atoms with Gasteiger partial charge in [0.1, 0.15) is 0 Å². The third-order valence-corrected chi connectivity index (χ3v) is 5.14. The van der Waals surface area contributed by atoms with E-state index in [1.807, 2.05) is 0 Å². The lowest BCUT2D eigenvalue weighted by molar-refractivity contribution is -0.141. The quantitative estimate of drug-likeness (QED) is 0.898. The lowest BCUT2D eigenvalue weighted by atomic mass is 9.80. The molecule has 1 saturated heterocycles. The van der Waals surface area contributed by atoms with E-state index in [4.69, 9.17) is 0 Å². The average molecular weight is 342 g/mol. The van der Waals surface area contributed by atoms with Gasteiger partial charge in [-0.25, -0.2) is 0 Å². The van der Waals surface area contributed by atoms with Gasteiger partial charge in [-0.1, -0.05) is 12.8 Å². The van der Waals surface area contributed by atoms with Crippen LogP contribution in [0, 0.1) is 5.92 Å². The largest absolute Gasteiger partial charge is 0.434 e. The van der Waals surface area contributed by atoms with E-state index in [1.54, 1.807) is 0 Å². The molecule has 2 fully saturated rings. The Morgan fingerprint density at radius 3 is 2.67 bits per heavy atom. The second-order valence-corrected chi connectivity index (χ2v) is 6.62. The Labute approximate surface area is 138 Å². The van der Waals surface area contributed by atoms with Crippen LogP contribution in [-0.4, -0.2) is 39.6 Å². The normalized spacial score (nSPS) is 28.2. The molecule has 1 aromatic rings. The van der Waals surface area contributed by atoms with Crippen molar-refractivity contribution >= 4 is 5.91 Å². The van der Waals surface area contributed by atoms with Gasteiger partial charge in [-0.05, 0) is 37.8 Å². The van der Waals surface area contributed by atoms with Crippen LogP contribution < -0.4 is 0 Å². The summed E-state index contributed by atoms with van der Waals surface area (Å²) in [4.78, 5) is 17.7. The summed E-state index contributed by atoms with van der Waals surface area (Å²) in [6, 6.07) is 2.35. The van der Waals surface area contributed by atoms with Crippen molar-refractivity contribution in [2.24, 2.45) is 5.92 Å². The number of nitrogens with zero attached hydrogens (tertiary/aromatic N) is 2. The Kier molecular flexibility index (Phi) is 4.80. The summed E-state index contributed by atoms with van der Waals surface area (Å²) in [5, 5.41) is 10.3. The van der Waals surface area contributed by atoms with Gasteiger partial charge in [0, 0.05) is 24.7 Å². The van der Waals surface area contributed by atoms with Crippen LogP contribution >= 0.6 is 0 Å². The summed E-state index contributed by atoms with van der Waals surface area (Å²) < 4.78 is 39.4. The molecule has 2 aliphatic rings. The summed E-state index contributed by atoms with van der Waals surface area (Å²) in [6.45, 7) is 0.429. The van der Waals surface area contributed by atoms with Gasteiger partial charge < -0.3 is 10.0 Å². The molecule has 1 aliphatic carbocycles. The maximum Gasteiger partial charge on any atom is 0.434 e. The minimum absolute atomic E-state index is 0.0452. The minimum atomic E-state index is -4.66. The fourth-order valence-electron chi connectivity index (χ4n) is 4.04. The molecule has 1 amide bonds. The van der Waals surface area contributed by atoms with E-state index in [9.17, 15) is 23.1 Å². The predicted octanol–water partition coefficient (Wildman–Crippen LogP) is 3.26. The van der Waals surface area contributed by atoms with Crippen LogP contribution in [0.3, 0.4) is 0 Å². The molecule has 1 saturated carbocycles. The van der Waals surface area contributed by atoms with Gasteiger partial charge in [0.05, 0.1) is 11.7 Å². The van der Waals surface area contributed by atoms with Crippen LogP contribution in [0.1, 0.15) is 54.6 Å². The van der Waals surface area contributed by atoms with Crippen LogP contribution in [0.15, 0.2) is 18.3 Å². The Bertz CT molecular complexity index is 606. The van der Waals surface area contributed by atoms with Gasteiger partial charge in [-0.2, -0.15) is 13.2 Å². The van der Waals surface area contributed by atoms with Crippen molar-refractivity contribution in [3.8, 4) is 0 Å². The topological polar surface area (TPSA) is 53.4 Å². The van der Waals surface area contributed by atoms with E-state index in [0.717, 1.165) is 38.3 Å². The Hall–Kier alpha value is -1.63. The highest BCUT2D eigenvalue weighted by Gasteiger charge is 2.42. The highest BCUT2D eigenvalue weighted by molar-refractivity contribution is 5.95. The predicted molar refractivity (Wildman–Crippen MR) is 81.3 cm³/mol. The van der Waals surface area contributed by atoms with Crippen molar-refractivity contribution in [2.45, 2.75) is 56.8 Å². The van der Waals surface area contributed by atoms with Crippen LogP contribution in [0.25, 0.3) is 0 Å². The molecule has 1 aliphatic heterocycles. The van der Waals surface area contributed by atoms with E-state index in [2.05, 4.69) is 4.98 Å². The first-order chi connectivity index (χ1) is 11.4. The van der Waals surface area contributed by atoms with Crippen LogP contribution in [0.5, 0.6) is 0 Å². The van der Waals surface area contributed by atoms with Crippen molar-refractivity contribution in [2.75, 3.05) is 6.54 Å². The summed E-state index contributed by atoms with van der Waals surface area (Å²) >= 11 is 0. The number of hydrogen-bond donors (Lipinski definition) is 1. The highest BCUT2D eigenvalue weighted by atomic mass is 19.4. The van der Waals surface area contributed by atoms with Crippen molar-refractivity contribution < 1.29 is 23.1 Å². The zero-order valence-corrected chi connectivity index (χ0v) is 13.3. The first-order valence-electron chi connectivity index (χ1n) is 8.41. The summed E-state index contributed by atoms with van der Waals surface area (Å²) in [5.41, 5.74) is -1.54. The van der Waals surface area contributed by atoms with Gasteiger partial charge in [0.15, 0.2) is 5.69 Å². The van der Waals surface area contributed by atoms with E-state index in [-0.39, 0.29) is 12.0 Å². The zero-order chi connectivity index (χ0) is 17.3. The number of alkyl halides is 3. The molecule has 3 rings (SSSR count). The monoisotopic (exact) mass is 342 g/mol. The van der Waals surface area contributed by atoms with E-state index in [1.165, 1.54) is 17.0 Å². The van der Waals surface area contributed by atoms with Crippen molar-refractivity contribution in [3.05, 3.63) is 29.6 Å². The number of halogens is 3. The van der Waals surface area contributed by atoms with Crippen LogP contribution in [0.4, 0.5) is 13.2 Å². The fraction of sp³-hybridized carbons (Fsp3) is 0.647.